The van der Waals surface area contributed by atoms with Gasteiger partial charge in [-0.2, -0.15) is 0 Å². The minimum absolute atomic E-state index is 0.146. The quantitative estimate of drug-likeness (QED) is 0.125. The molecule has 0 aliphatic rings. The highest BCUT2D eigenvalue weighted by molar-refractivity contribution is 6.99. The summed E-state index contributed by atoms with van der Waals surface area (Å²) in [7, 11) is -1.21. The Balaban J connectivity index is 1.54. The molecule has 3 aromatic rings. The van der Waals surface area contributed by atoms with E-state index in [4.69, 9.17) is 15.9 Å². The van der Waals surface area contributed by atoms with Gasteiger partial charge in [0.2, 0.25) is 17.7 Å². The summed E-state index contributed by atoms with van der Waals surface area (Å²) in [5, 5.41) is 9.98. The highest BCUT2D eigenvalue weighted by atomic mass is 28.4. The highest BCUT2D eigenvalue weighted by Gasteiger charge is 2.50. The minimum atomic E-state index is -2.69. The van der Waals surface area contributed by atoms with Gasteiger partial charge in [-0.05, 0) is 45.9 Å². The SMILES string of the molecule is CN(CC(=O)Nc1ccc(CO[Si](c2ccccc2)(c2ccccc2)C(C)(C)C)cc1)C(=O)CNC(=O)[C@@H](N)CCCNC(N)=O. The molecule has 246 valence electrons. The van der Waals surface area contributed by atoms with E-state index in [0.29, 0.717) is 31.7 Å². The van der Waals surface area contributed by atoms with Crippen LogP contribution in [0.2, 0.25) is 5.04 Å². The van der Waals surface area contributed by atoms with Gasteiger partial charge in [0.05, 0.1) is 25.7 Å². The number of likely N-dealkylation sites (N-methyl/N-ethyl adjacent to an activating group) is 1. The Bertz CT molecular complexity index is 1410. The molecular weight excluding hydrogens is 600 g/mol. The Morgan fingerprint density at radius 2 is 1.43 bits per heavy atom. The molecule has 0 fully saturated rings. The van der Waals surface area contributed by atoms with Gasteiger partial charge in [-0.25, -0.2) is 4.79 Å². The lowest BCUT2D eigenvalue weighted by atomic mass is 10.1. The van der Waals surface area contributed by atoms with Crippen LogP contribution in [0.5, 0.6) is 0 Å². The van der Waals surface area contributed by atoms with Crippen LogP contribution in [-0.4, -0.2) is 69.7 Å². The summed E-state index contributed by atoms with van der Waals surface area (Å²) in [4.78, 5) is 49.3. The minimum Gasteiger partial charge on any atom is -0.403 e. The Labute approximate surface area is 272 Å². The second-order valence-corrected chi connectivity index (χ2v) is 16.5. The number of carbonyl (C=O) groups excluding carboxylic acids is 4. The number of nitrogens with one attached hydrogen (secondary N) is 3. The molecular formula is C34H46N6O5Si. The molecule has 1 atom stereocenters. The van der Waals surface area contributed by atoms with Crippen LogP contribution in [0.3, 0.4) is 0 Å². The molecule has 5 amide bonds. The number of carbonyl (C=O) groups is 4. The van der Waals surface area contributed by atoms with Crippen molar-refractivity contribution in [2.24, 2.45) is 11.5 Å². The van der Waals surface area contributed by atoms with Crippen molar-refractivity contribution in [1.29, 1.82) is 0 Å². The lowest BCUT2D eigenvalue weighted by molar-refractivity contribution is -0.134. The number of amides is 5. The van der Waals surface area contributed by atoms with E-state index in [2.05, 4.69) is 85.3 Å². The first kappa shape index (κ1) is 36.0. The largest absolute Gasteiger partial charge is 0.403 e. The van der Waals surface area contributed by atoms with Gasteiger partial charge in [0.1, 0.15) is 0 Å². The summed E-state index contributed by atoms with van der Waals surface area (Å²) < 4.78 is 6.99. The molecule has 46 heavy (non-hydrogen) atoms. The van der Waals surface area contributed by atoms with Crippen LogP contribution in [-0.2, 0) is 25.4 Å². The van der Waals surface area contributed by atoms with Crippen molar-refractivity contribution >= 4 is 48.1 Å². The Morgan fingerprint density at radius 1 is 0.870 bits per heavy atom. The van der Waals surface area contributed by atoms with Crippen molar-refractivity contribution in [3.63, 3.8) is 0 Å². The van der Waals surface area contributed by atoms with Crippen molar-refractivity contribution in [1.82, 2.24) is 15.5 Å². The third-order valence-corrected chi connectivity index (χ3v) is 12.6. The average molecular weight is 647 g/mol. The zero-order valence-electron chi connectivity index (χ0n) is 27.0. The molecule has 0 radical (unpaired) electrons. The van der Waals surface area contributed by atoms with Crippen LogP contribution in [0.25, 0.3) is 0 Å². The number of nitrogens with two attached hydrogens (primary N) is 2. The van der Waals surface area contributed by atoms with Gasteiger partial charge in [0.25, 0.3) is 8.32 Å². The highest BCUT2D eigenvalue weighted by Crippen LogP contribution is 2.37. The zero-order valence-corrected chi connectivity index (χ0v) is 28.0. The molecule has 0 aliphatic heterocycles. The maximum atomic E-state index is 12.7. The van der Waals surface area contributed by atoms with E-state index in [1.807, 2.05) is 36.4 Å². The fourth-order valence-corrected chi connectivity index (χ4v) is 9.77. The summed E-state index contributed by atoms with van der Waals surface area (Å²) in [5.41, 5.74) is 12.4. The number of rotatable bonds is 15. The van der Waals surface area contributed by atoms with E-state index in [1.165, 1.54) is 22.3 Å². The van der Waals surface area contributed by atoms with E-state index in [-0.39, 0.29) is 24.0 Å². The Hall–Kier alpha value is -4.52. The number of primary amides is 1. The van der Waals surface area contributed by atoms with Crippen molar-refractivity contribution < 1.29 is 23.6 Å². The Kier molecular flexibility index (Phi) is 13.0. The fraction of sp³-hybridized carbons (Fsp3) is 0.353. The second kappa shape index (κ2) is 16.7. The van der Waals surface area contributed by atoms with Gasteiger partial charge in [-0.3, -0.25) is 14.4 Å². The summed E-state index contributed by atoms with van der Waals surface area (Å²) in [5.74, 6) is -1.32. The van der Waals surface area contributed by atoms with Gasteiger partial charge in [0, 0.05) is 19.3 Å². The smallest absolute Gasteiger partial charge is 0.312 e. The van der Waals surface area contributed by atoms with Gasteiger partial charge in [-0.15, -0.1) is 0 Å². The fourth-order valence-electron chi connectivity index (χ4n) is 5.24. The van der Waals surface area contributed by atoms with E-state index in [0.717, 1.165) is 5.56 Å². The number of benzene rings is 3. The van der Waals surface area contributed by atoms with Crippen LogP contribution in [0, 0.1) is 0 Å². The molecule has 0 aromatic heterocycles. The van der Waals surface area contributed by atoms with Gasteiger partial charge >= 0.3 is 6.03 Å². The molecule has 0 saturated carbocycles. The maximum Gasteiger partial charge on any atom is 0.312 e. The van der Waals surface area contributed by atoms with Crippen LogP contribution in [0.15, 0.2) is 84.9 Å². The van der Waals surface area contributed by atoms with E-state index < -0.39 is 32.2 Å². The van der Waals surface area contributed by atoms with Gasteiger partial charge in [0.15, 0.2) is 0 Å². The molecule has 0 spiro atoms. The molecule has 11 nitrogen and oxygen atoms in total. The van der Waals surface area contributed by atoms with Crippen molar-refractivity contribution in [3.05, 3.63) is 90.5 Å². The lowest BCUT2D eigenvalue weighted by Crippen LogP contribution is -2.66. The monoisotopic (exact) mass is 646 g/mol. The van der Waals surface area contributed by atoms with Crippen molar-refractivity contribution in [3.8, 4) is 0 Å². The van der Waals surface area contributed by atoms with E-state index in [9.17, 15) is 19.2 Å². The summed E-state index contributed by atoms with van der Waals surface area (Å²) in [6.07, 6.45) is 0.767. The number of nitrogens with zero attached hydrogens (tertiary/aromatic N) is 1. The topological polar surface area (TPSA) is 169 Å². The molecule has 3 rings (SSSR count). The number of hydrogen-bond acceptors (Lipinski definition) is 6. The molecule has 0 saturated heterocycles. The normalized spacial score (nSPS) is 12.1. The standard InChI is InChI=1S/C34H46N6O5Si/c1-34(2,3)46(27-12-7-5-8-13-27,28-14-9-6-10-15-28)45-24-25-17-19-26(20-18-25)39-30(41)23-40(4)31(42)22-38-32(43)29(35)16-11-21-37-33(36)44/h5-10,12-15,17-20,29H,11,16,21-24,35H2,1-4H3,(H,38,43)(H,39,41)(H3,36,37,44)/t29-/m0/s1. The average Bonchev–Trinajstić information content (AvgIpc) is 3.03. The summed E-state index contributed by atoms with van der Waals surface area (Å²) in [6.45, 7) is 6.91. The molecule has 0 aliphatic carbocycles. The third kappa shape index (κ3) is 9.99. The second-order valence-electron chi connectivity index (χ2n) is 12.2. The molecule has 12 heteroatoms. The molecule has 0 bridgehead atoms. The maximum absolute atomic E-state index is 12.7. The predicted molar refractivity (Wildman–Crippen MR) is 183 cm³/mol. The number of anilines is 1. The lowest BCUT2D eigenvalue weighted by Gasteiger charge is -2.43. The Morgan fingerprint density at radius 3 is 1.96 bits per heavy atom. The van der Waals surface area contributed by atoms with Crippen LogP contribution < -0.4 is 37.8 Å². The van der Waals surface area contributed by atoms with Crippen molar-refractivity contribution in [2.45, 2.75) is 51.3 Å². The molecule has 3 aromatic carbocycles. The molecule has 0 unspecified atom stereocenters. The zero-order chi connectivity index (χ0) is 33.7. The number of urea groups is 1. The first-order chi connectivity index (χ1) is 21.8. The van der Waals surface area contributed by atoms with Gasteiger partial charge in [-0.1, -0.05) is 93.6 Å². The van der Waals surface area contributed by atoms with Crippen LogP contribution in [0.1, 0.15) is 39.2 Å². The summed E-state index contributed by atoms with van der Waals surface area (Å²) in [6, 6.07) is 26.9. The first-order valence-electron chi connectivity index (χ1n) is 15.3. The van der Waals surface area contributed by atoms with Crippen molar-refractivity contribution in [2.75, 3.05) is 32.0 Å². The predicted octanol–water partition coefficient (Wildman–Crippen LogP) is 2.05. The molecule has 0 heterocycles. The van der Waals surface area contributed by atoms with Crippen LogP contribution >= 0.6 is 0 Å². The van der Waals surface area contributed by atoms with E-state index >= 15 is 0 Å². The van der Waals surface area contributed by atoms with E-state index in [1.54, 1.807) is 0 Å². The van der Waals surface area contributed by atoms with Gasteiger partial charge < -0.3 is 36.7 Å². The first-order valence-corrected chi connectivity index (χ1v) is 17.2. The van der Waals surface area contributed by atoms with Crippen LogP contribution in [0.4, 0.5) is 10.5 Å². The summed E-state index contributed by atoms with van der Waals surface area (Å²) >= 11 is 0. The third-order valence-electron chi connectivity index (χ3n) is 7.66. The molecule has 7 N–H and O–H groups in total. The number of hydrogen-bond donors (Lipinski definition) is 5.